The molecule has 1 N–H and O–H groups in total. The first-order valence-electron chi connectivity index (χ1n) is 2.58. The van der Waals surface area contributed by atoms with Crippen LogP contribution in [-0.2, 0) is 0 Å². The molecule has 0 unspecified atom stereocenters. The van der Waals surface area contributed by atoms with E-state index in [0.717, 1.165) is 0 Å². The van der Waals surface area contributed by atoms with Crippen LogP contribution in [0.4, 0.5) is 0 Å². The second-order valence-electron chi connectivity index (χ2n) is 1.38. The van der Waals surface area contributed by atoms with Crippen molar-refractivity contribution in [3.8, 4) is 5.88 Å². The highest BCUT2D eigenvalue weighted by atomic mass is 16.6. The van der Waals surface area contributed by atoms with Crippen molar-refractivity contribution in [3.63, 3.8) is 0 Å². The molecule has 1 heterocycles. The zero-order chi connectivity index (χ0) is 6.53. The molecular formula is C5H7N3O. The van der Waals surface area contributed by atoms with Gasteiger partial charge >= 0.3 is 0 Å². The van der Waals surface area contributed by atoms with Gasteiger partial charge in [0.2, 0.25) is 5.88 Å². The third-order valence-corrected chi connectivity index (χ3v) is 0.732. The molecule has 0 saturated heterocycles. The molecule has 0 fully saturated rings. The van der Waals surface area contributed by atoms with Gasteiger partial charge in [-0.05, 0) is 6.92 Å². The highest BCUT2D eigenvalue weighted by Gasteiger charge is 1.87. The number of hydrogen-bond acceptors (Lipinski definition) is 3. The zero-order valence-corrected chi connectivity index (χ0v) is 5.03. The first-order chi connectivity index (χ1) is 4.43. The van der Waals surface area contributed by atoms with Crippen molar-refractivity contribution in [2.24, 2.45) is 5.16 Å². The Morgan fingerprint density at radius 2 is 2.78 bits per heavy atom. The number of aromatic amines is 1. The van der Waals surface area contributed by atoms with Crippen molar-refractivity contribution in [1.29, 1.82) is 0 Å². The van der Waals surface area contributed by atoms with E-state index in [-0.39, 0.29) is 0 Å². The minimum atomic E-state index is 0.549. The Morgan fingerprint density at radius 3 is 3.33 bits per heavy atom. The first-order valence-corrected chi connectivity index (χ1v) is 2.58. The fourth-order valence-electron chi connectivity index (χ4n) is 0.403. The van der Waals surface area contributed by atoms with E-state index in [4.69, 9.17) is 4.84 Å². The molecule has 0 aliphatic heterocycles. The molecule has 4 nitrogen and oxygen atoms in total. The largest absolute Gasteiger partial charge is 0.337 e. The number of H-pyrrole nitrogens is 1. The number of aromatic nitrogens is 2. The molecule has 4 heteroatoms. The van der Waals surface area contributed by atoms with Gasteiger partial charge in [-0.15, -0.1) is 0 Å². The Labute approximate surface area is 52.5 Å². The van der Waals surface area contributed by atoms with Crippen LogP contribution >= 0.6 is 0 Å². The van der Waals surface area contributed by atoms with Crippen molar-refractivity contribution >= 4 is 6.21 Å². The van der Waals surface area contributed by atoms with Gasteiger partial charge in [0.25, 0.3) is 0 Å². The lowest BCUT2D eigenvalue weighted by atomic mass is 10.7. The molecule has 0 amide bonds. The van der Waals surface area contributed by atoms with Gasteiger partial charge in [0.1, 0.15) is 0 Å². The smallest absolute Gasteiger partial charge is 0.244 e. The normalized spacial score (nSPS) is 10.3. The van der Waals surface area contributed by atoms with Crippen LogP contribution in [0, 0.1) is 0 Å². The molecule has 0 radical (unpaired) electrons. The molecular weight excluding hydrogens is 118 g/mol. The van der Waals surface area contributed by atoms with E-state index in [9.17, 15) is 0 Å². The lowest BCUT2D eigenvalue weighted by molar-refractivity contribution is 0.329. The van der Waals surface area contributed by atoms with E-state index in [0.29, 0.717) is 5.88 Å². The average Bonchev–Trinajstić information content (AvgIpc) is 2.34. The first kappa shape index (κ1) is 5.81. The molecule has 0 saturated carbocycles. The molecule has 1 aromatic heterocycles. The van der Waals surface area contributed by atoms with Gasteiger partial charge in [-0.1, -0.05) is 5.16 Å². The summed E-state index contributed by atoms with van der Waals surface area (Å²) >= 11 is 0. The van der Waals surface area contributed by atoms with Crippen LogP contribution in [-0.4, -0.2) is 16.4 Å². The predicted octanol–water partition coefficient (Wildman–Crippen LogP) is 0.794. The maximum absolute atomic E-state index is 4.75. The fraction of sp³-hybridized carbons (Fsp3) is 0.200. The van der Waals surface area contributed by atoms with Crippen molar-refractivity contribution < 1.29 is 4.84 Å². The molecule has 0 aromatic carbocycles. The summed E-state index contributed by atoms with van der Waals surface area (Å²) in [5.74, 6) is 0.549. The van der Waals surface area contributed by atoms with E-state index < -0.39 is 0 Å². The van der Waals surface area contributed by atoms with E-state index in [1.54, 1.807) is 25.4 Å². The standard InChI is InChI=1S/C5H7N3O/c1-2-7-9-5-3-4-6-8-5/h2-4H,1H3,(H,6,8). The quantitative estimate of drug-likeness (QED) is 0.469. The Kier molecular flexibility index (Phi) is 1.85. The summed E-state index contributed by atoms with van der Waals surface area (Å²) in [5, 5.41) is 9.76. The Bertz CT molecular complexity index is 180. The van der Waals surface area contributed by atoms with Crippen LogP contribution in [0.3, 0.4) is 0 Å². The van der Waals surface area contributed by atoms with Crippen LogP contribution < -0.4 is 4.84 Å². The van der Waals surface area contributed by atoms with Gasteiger partial charge in [0.05, 0.1) is 6.20 Å². The maximum Gasteiger partial charge on any atom is 0.244 e. The second-order valence-corrected chi connectivity index (χ2v) is 1.38. The van der Waals surface area contributed by atoms with Crippen LogP contribution in [0.5, 0.6) is 5.88 Å². The van der Waals surface area contributed by atoms with E-state index in [2.05, 4.69) is 15.4 Å². The summed E-state index contributed by atoms with van der Waals surface area (Å²) in [6.45, 7) is 1.77. The Morgan fingerprint density at radius 1 is 1.89 bits per heavy atom. The number of nitrogens with zero attached hydrogens (tertiary/aromatic N) is 2. The minimum Gasteiger partial charge on any atom is -0.337 e. The molecule has 9 heavy (non-hydrogen) atoms. The fourth-order valence-corrected chi connectivity index (χ4v) is 0.403. The molecule has 0 bridgehead atoms. The minimum absolute atomic E-state index is 0.549. The molecule has 0 spiro atoms. The van der Waals surface area contributed by atoms with E-state index >= 15 is 0 Å². The van der Waals surface area contributed by atoms with Gasteiger partial charge in [-0.25, -0.2) is 5.10 Å². The molecule has 48 valence electrons. The monoisotopic (exact) mass is 125 g/mol. The summed E-state index contributed by atoms with van der Waals surface area (Å²) in [4.78, 5) is 4.75. The number of oxime groups is 1. The molecule has 1 aromatic rings. The van der Waals surface area contributed by atoms with Gasteiger partial charge in [0.15, 0.2) is 0 Å². The van der Waals surface area contributed by atoms with Crippen LogP contribution in [0.15, 0.2) is 17.4 Å². The molecule has 0 atom stereocenters. The molecule has 0 aliphatic carbocycles. The Balaban J connectivity index is 2.48. The second kappa shape index (κ2) is 2.86. The molecule has 0 aliphatic rings. The lowest BCUT2D eigenvalue weighted by Crippen LogP contribution is -1.81. The van der Waals surface area contributed by atoms with E-state index in [1.165, 1.54) is 0 Å². The van der Waals surface area contributed by atoms with Gasteiger partial charge in [-0.3, -0.25) is 0 Å². The number of nitrogens with one attached hydrogen (secondary N) is 1. The summed E-state index contributed by atoms with van der Waals surface area (Å²) < 4.78 is 0. The highest BCUT2D eigenvalue weighted by molar-refractivity contribution is 5.52. The van der Waals surface area contributed by atoms with Crippen LogP contribution in [0.2, 0.25) is 0 Å². The van der Waals surface area contributed by atoms with Crippen LogP contribution in [0.1, 0.15) is 6.92 Å². The van der Waals surface area contributed by atoms with E-state index in [1.807, 2.05) is 0 Å². The Hall–Kier alpha value is -1.32. The summed E-state index contributed by atoms with van der Waals surface area (Å²) in [5.41, 5.74) is 0. The zero-order valence-electron chi connectivity index (χ0n) is 5.03. The van der Waals surface area contributed by atoms with Crippen LogP contribution in [0.25, 0.3) is 0 Å². The summed E-state index contributed by atoms with van der Waals surface area (Å²) in [6, 6.07) is 1.69. The third-order valence-electron chi connectivity index (χ3n) is 0.732. The third kappa shape index (κ3) is 1.56. The van der Waals surface area contributed by atoms with Crippen molar-refractivity contribution in [1.82, 2.24) is 10.2 Å². The number of rotatable bonds is 2. The average molecular weight is 125 g/mol. The topological polar surface area (TPSA) is 50.3 Å². The van der Waals surface area contributed by atoms with Crippen molar-refractivity contribution in [3.05, 3.63) is 12.3 Å². The van der Waals surface area contributed by atoms with Gasteiger partial charge in [-0.2, -0.15) is 5.10 Å². The van der Waals surface area contributed by atoms with Crippen molar-refractivity contribution in [2.75, 3.05) is 0 Å². The van der Waals surface area contributed by atoms with Gasteiger partial charge < -0.3 is 4.84 Å². The molecule has 1 rings (SSSR count). The SMILES string of the molecule is CC=NOc1ccn[nH]1. The lowest BCUT2D eigenvalue weighted by Gasteiger charge is -1.87. The summed E-state index contributed by atoms with van der Waals surface area (Å²) in [7, 11) is 0. The maximum atomic E-state index is 4.75. The van der Waals surface area contributed by atoms with Gasteiger partial charge in [0, 0.05) is 12.3 Å². The predicted molar refractivity (Wildman–Crippen MR) is 33.4 cm³/mol. The van der Waals surface area contributed by atoms with Crippen molar-refractivity contribution in [2.45, 2.75) is 6.92 Å². The highest BCUT2D eigenvalue weighted by Crippen LogP contribution is 2.00. The summed E-state index contributed by atoms with van der Waals surface area (Å²) in [6.07, 6.45) is 3.15. The number of hydrogen-bond donors (Lipinski definition) is 1.